The number of nitrogens with zero attached hydrogens (tertiary/aromatic N) is 1. The molecule has 0 bridgehead atoms. The van der Waals surface area contributed by atoms with Gasteiger partial charge in [-0.2, -0.15) is 0 Å². The van der Waals surface area contributed by atoms with Crippen LogP contribution in [0.15, 0.2) is 30.3 Å². The Bertz CT molecular complexity index is 1110. The summed E-state index contributed by atoms with van der Waals surface area (Å²) >= 11 is 0. The Morgan fingerprint density at radius 2 is 2.07 bits per heavy atom. The number of ketones is 1. The third kappa shape index (κ3) is 4.40. The largest absolute Gasteiger partial charge is 0.299 e. The summed E-state index contributed by atoms with van der Waals surface area (Å²) in [5.41, 5.74) is 3.89. The van der Waals surface area contributed by atoms with Crippen LogP contribution in [0.2, 0.25) is 0 Å². The number of aromatic nitrogens is 1. The lowest BCUT2D eigenvalue weighted by Gasteiger charge is -2.13. The van der Waals surface area contributed by atoms with E-state index in [4.69, 9.17) is 0 Å². The van der Waals surface area contributed by atoms with E-state index in [0.717, 1.165) is 29.7 Å². The highest BCUT2D eigenvalue weighted by atomic mass is 32.2. The molecule has 29 heavy (non-hydrogen) atoms. The molecule has 152 valence electrons. The highest BCUT2D eigenvalue weighted by molar-refractivity contribution is 7.92. The van der Waals surface area contributed by atoms with E-state index in [1.807, 2.05) is 18.2 Å². The number of nitrogens with one attached hydrogen (secondary N) is 1. The predicted octanol–water partition coefficient (Wildman–Crippen LogP) is 4.13. The Hall–Kier alpha value is -2.54. The second-order valence-electron chi connectivity index (χ2n) is 7.66. The zero-order valence-corrected chi connectivity index (χ0v) is 17.1. The van der Waals surface area contributed by atoms with Crippen molar-refractivity contribution >= 4 is 27.6 Å². The molecule has 7 heteroatoms. The molecule has 1 saturated carbocycles. The summed E-state index contributed by atoms with van der Waals surface area (Å²) in [5, 5.41) is 0. The average Bonchev–Trinajstić information content (AvgIpc) is 3.41. The molecule has 2 aliphatic carbocycles. The zero-order valence-electron chi connectivity index (χ0n) is 16.2. The van der Waals surface area contributed by atoms with E-state index in [0.29, 0.717) is 30.5 Å². The SMILES string of the molecule is CCCS(=O)(=O)Nc1ccc(-c2cc(CC(=O)C3CC3)nc3c2C=CC3)cc1F. The number of pyridine rings is 1. The van der Waals surface area contributed by atoms with Crippen molar-refractivity contribution in [1.82, 2.24) is 4.98 Å². The molecule has 2 aliphatic rings. The number of hydrogen-bond acceptors (Lipinski definition) is 4. The minimum absolute atomic E-state index is 0.0603. The van der Waals surface area contributed by atoms with Crippen LogP contribution in [0, 0.1) is 11.7 Å². The summed E-state index contributed by atoms with van der Waals surface area (Å²) in [5.74, 6) is -0.319. The zero-order chi connectivity index (χ0) is 20.6. The molecule has 0 spiro atoms. The highest BCUT2D eigenvalue weighted by Gasteiger charge is 2.30. The summed E-state index contributed by atoms with van der Waals surface area (Å²) < 4.78 is 40.9. The molecule has 4 rings (SSSR count). The Kier molecular flexibility index (Phi) is 5.25. The first kappa shape index (κ1) is 19.8. The number of carbonyl (C=O) groups is 1. The maximum atomic E-state index is 14.7. The van der Waals surface area contributed by atoms with Crippen molar-refractivity contribution < 1.29 is 17.6 Å². The third-order valence-electron chi connectivity index (χ3n) is 5.19. The fourth-order valence-corrected chi connectivity index (χ4v) is 4.75. The van der Waals surface area contributed by atoms with Gasteiger partial charge in [0, 0.05) is 30.0 Å². The van der Waals surface area contributed by atoms with E-state index in [-0.39, 0.29) is 23.1 Å². The quantitative estimate of drug-likeness (QED) is 0.705. The van der Waals surface area contributed by atoms with Crippen LogP contribution >= 0.6 is 0 Å². The van der Waals surface area contributed by atoms with E-state index >= 15 is 0 Å². The van der Waals surface area contributed by atoms with Crippen LogP contribution < -0.4 is 4.72 Å². The number of carbonyl (C=O) groups excluding carboxylic acids is 1. The molecule has 1 aromatic heterocycles. The smallest absolute Gasteiger partial charge is 0.232 e. The van der Waals surface area contributed by atoms with Crippen LogP contribution in [0.25, 0.3) is 17.2 Å². The number of fused-ring (bicyclic) bond motifs is 1. The van der Waals surface area contributed by atoms with Gasteiger partial charge in [-0.25, -0.2) is 12.8 Å². The summed E-state index contributed by atoms with van der Waals surface area (Å²) in [4.78, 5) is 16.9. The van der Waals surface area contributed by atoms with Crippen LogP contribution in [0.5, 0.6) is 0 Å². The molecule has 1 heterocycles. The molecule has 1 fully saturated rings. The Morgan fingerprint density at radius 3 is 2.76 bits per heavy atom. The van der Waals surface area contributed by atoms with Gasteiger partial charge >= 0.3 is 0 Å². The molecule has 1 N–H and O–H groups in total. The van der Waals surface area contributed by atoms with E-state index in [1.165, 1.54) is 12.1 Å². The molecule has 0 aliphatic heterocycles. The van der Waals surface area contributed by atoms with Crippen LogP contribution in [0.4, 0.5) is 10.1 Å². The lowest BCUT2D eigenvalue weighted by Crippen LogP contribution is -2.17. The molecule has 0 atom stereocenters. The van der Waals surface area contributed by atoms with Gasteiger partial charge in [0.25, 0.3) is 0 Å². The minimum Gasteiger partial charge on any atom is -0.299 e. The monoisotopic (exact) mass is 414 g/mol. The lowest BCUT2D eigenvalue weighted by molar-refractivity contribution is -0.119. The van der Waals surface area contributed by atoms with Gasteiger partial charge in [-0.3, -0.25) is 14.5 Å². The van der Waals surface area contributed by atoms with Gasteiger partial charge in [0.1, 0.15) is 11.6 Å². The number of Topliss-reactive ketones (excluding diaryl/α,β-unsaturated/α-hetero) is 1. The Balaban J connectivity index is 1.67. The van der Waals surface area contributed by atoms with Crippen molar-refractivity contribution in [2.45, 2.75) is 39.0 Å². The van der Waals surface area contributed by atoms with Crippen LogP contribution in [-0.4, -0.2) is 24.9 Å². The Labute approximate surface area is 170 Å². The second kappa shape index (κ2) is 7.71. The van der Waals surface area contributed by atoms with E-state index in [9.17, 15) is 17.6 Å². The molecule has 0 saturated heterocycles. The number of rotatable bonds is 8. The summed E-state index contributed by atoms with van der Waals surface area (Å²) in [6.45, 7) is 1.75. The first-order valence-corrected chi connectivity index (χ1v) is 11.5. The average molecular weight is 415 g/mol. The number of sulfonamides is 1. The van der Waals surface area contributed by atoms with Gasteiger partial charge in [0.05, 0.1) is 17.1 Å². The van der Waals surface area contributed by atoms with Crippen molar-refractivity contribution in [3.63, 3.8) is 0 Å². The van der Waals surface area contributed by atoms with Crippen molar-refractivity contribution in [2.24, 2.45) is 5.92 Å². The molecular weight excluding hydrogens is 391 g/mol. The molecule has 1 aromatic carbocycles. The topological polar surface area (TPSA) is 76.1 Å². The number of hydrogen-bond donors (Lipinski definition) is 1. The van der Waals surface area contributed by atoms with E-state index in [2.05, 4.69) is 9.71 Å². The van der Waals surface area contributed by atoms with E-state index in [1.54, 1.807) is 13.0 Å². The van der Waals surface area contributed by atoms with Crippen molar-refractivity contribution in [3.8, 4) is 11.1 Å². The lowest BCUT2D eigenvalue weighted by atomic mass is 9.97. The standard InChI is InChI=1S/C22H23FN2O3S/c1-2-10-29(27,28)25-21-9-8-15(11-19(21)23)18-12-16(13-22(26)14-6-7-14)24-20-5-3-4-17(18)20/h3-4,8-9,11-12,14,25H,2,5-7,10,13H2,1H3. The first-order chi connectivity index (χ1) is 13.9. The maximum Gasteiger partial charge on any atom is 0.232 e. The van der Waals surface area contributed by atoms with Crippen molar-refractivity contribution in [1.29, 1.82) is 0 Å². The molecule has 2 aromatic rings. The third-order valence-corrected chi connectivity index (χ3v) is 6.67. The van der Waals surface area contributed by atoms with Crippen LogP contribution in [0.3, 0.4) is 0 Å². The normalized spacial score (nSPS) is 15.4. The van der Waals surface area contributed by atoms with Gasteiger partial charge < -0.3 is 0 Å². The molecule has 0 amide bonds. The van der Waals surface area contributed by atoms with Gasteiger partial charge in [-0.15, -0.1) is 0 Å². The van der Waals surface area contributed by atoms with Gasteiger partial charge in [-0.05, 0) is 48.6 Å². The number of anilines is 1. The number of allylic oxidation sites excluding steroid dienone is 1. The highest BCUT2D eigenvalue weighted by Crippen LogP contribution is 2.35. The first-order valence-electron chi connectivity index (χ1n) is 9.89. The summed E-state index contributed by atoms with van der Waals surface area (Å²) in [6.07, 6.45) is 7.30. The fourth-order valence-electron chi connectivity index (χ4n) is 3.61. The van der Waals surface area contributed by atoms with Gasteiger partial charge in [0.15, 0.2) is 0 Å². The molecular formula is C22H23FN2O3S. The van der Waals surface area contributed by atoms with Crippen molar-refractivity contribution in [2.75, 3.05) is 10.5 Å². The molecule has 5 nitrogen and oxygen atoms in total. The number of benzene rings is 1. The minimum atomic E-state index is -3.57. The molecule has 0 unspecified atom stereocenters. The number of halogens is 1. The summed E-state index contributed by atoms with van der Waals surface area (Å²) in [7, 11) is -3.57. The fraction of sp³-hybridized carbons (Fsp3) is 0.364. The van der Waals surface area contributed by atoms with Gasteiger partial charge in [0.2, 0.25) is 10.0 Å². The predicted molar refractivity (Wildman–Crippen MR) is 112 cm³/mol. The van der Waals surface area contributed by atoms with Gasteiger partial charge in [-0.1, -0.05) is 25.1 Å². The maximum absolute atomic E-state index is 14.7. The second-order valence-corrected chi connectivity index (χ2v) is 9.50. The van der Waals surface area contributed by atoms with E-state index < -0.39 is 15.8 Å². The van der Waals surface area contributed by atoms with Crippen molar-refractivity contribution in [3.05, 3.63) is 53.1 Å². The summed E-state index contributed by atoms with van der Waals surface area (Å²) in [6, 6.07) is 6.32. The van der Waals surface area contributed by atoms with Crippen LogP contribution in [-0.2, 0) is 27.7 Å². The molecule has 0 radical (unpaired) electrons. The van der Waals surface area contributed by atoms with Crippen LogP contribution in [0.1, 0.15) is 43.1 Å². The Morgan fingerprint density at radius 1 is 1.28 bits per heavy atom.